The van der Waals surface area contributed by atoms with Crippen LogP contribution in [0.15, 0.2) is 35.3 Å². The number of likely N-dealkylation sites (N-methyl/N-ethyl adjacent to an activating group) is 1. The standard InChI is InChI=1S/C17H23NO3/c1-9-12-8-11-4-5-13(20)15-14(11)17(9,6-7-18(12)3)16(21-15)10(2)19/h4-5,8-10,12,14,16,19-20H,6-7H2,1-3H3/t9-,10-,12+,14?,16-,17-/m0/s1. The largest absolute Gasteiger partial charge is 0.504 e. The molecule has 2 fully saturated rings. The van der Waals surface area contributed by atoms with Crippen LogP contribution in [0.4, 0.5) is 0 Å². The second-order valence-corrected chi connectivity index (χ2v) is 7.08. The number of rotatable bonds is 1. The van der Waals surface area contributed by atoms with Gasteiger partial charge in [-0.05, 0) is 44.5 Å². The molecule has 2 N–H and O–H groups in total. The van der Waals surface area contributed by atoms with E-state index in [0.29, 0.717) is 17.7 Å². The van der Waals surface area contributed by atoms with E-state index in [-0.39, 0.29) is 23.2 Å². The lowest BCUT2D eigenvalue weighted by atomic mass is 9.53. The minimum atomic E-state index is -0.540. The first-order valence-corrected chi connectivity index (χ1v) is 7.84. The van der Waals surface area contributed by atoms with Crippen LogP contribution in [-0.4, -0.2) is 47.0 Å². The van der Waals surface area contributed by atoms with Crippen LogP contribution in [0.1, 0.15) is 20.3 Å². The van der Waals surface area contributed by atoms with E-state index in [2.05, 4.69) is 24.9 Å². The van der Waals surface area contributed by atoms with Gasteiger partial charge >= 0.3 is 0 Å². The molecule has 4 nitrogen and oxygen atoms in total. The topological polar surface area (TPSA) is 52.9 Å². The van der Waals surface area contributed by atoms with Crippen molar-refractivity contribution in [3.05, 3.63) is 35.3 Å². The van der Waals surface area contributed by atoms with Gasteiger partial charge < -0.3 is 14.9 Å². The Hall–Kier alpha value is -1.26. The third kappa shape index (κ3) is 1.47. The van der Waals surface area contributed by atoms with Crippen molar-refractivity contribution in [3.63, 3.8) is 0 Å². The first kappa shape index (κ1) is 13.4. The highest BCUT2D eigenvalue weighted by molar-refractivity contribution is 5.47. The number of nitrogens with zero attached hydrogens (tertiary/aromatic N) is 1. The van der Waals surface area contributed by atoms with Gasteiger partial charge in [-0.1, -0.05) is 19.1 Å². The number of ether oxygens (including phenoxy) is 1. The second-order valence-electron chi connectivity index (χ2n) is 7.08. The normalized spacial score (nSPS) is 46.0. The van der Waals surface area contributed by atoms with Crippen LogP contribution in [0.25, 0.3) is 0 Å². The van der Waals surface area contributed by atoms with Crippen molar-refractivity contribution < 1.29 is 14.9 Å². The quantitative estimate of drug-likeness (QED) is 0.775. The summed E-state index contributed by atoms with van der Waals surface area (Å²) in [5.41, 5.74) is 1.13. The summed E-state index contributed by atoms with van der Waals surface area (Å²) < 4.78 is 6.10. The van der Waals surface area contributed by atoms with Crippen molar-refractivity contribution in [1.82, 2.24) is 4.90 Å². The molecule has 0 aromatic carbocycles. The fourth-order valence-corrected chi connectivity index (χ4v) is 5.17. The summed E-state index contributed by atoms with van der Waals surface area (Å²) in [4.78, 5) is 2.39. The van der Waals surface area contributed by atoms with Gasteiger partial charge in [0.1, 0.15) is 11.9 Å². The molecule has 114 valence electrons. The molecule has 6 atom stereocenters. The maximum absolute atomic E-state index is 10.3. The van der Waals surface area contributed by atoms with Crippen molar-refractivity contribution in [2.75, 3.05) is 13.6 Å². The lowest BCUT2D eigenvalue weighted by Crippen LogP contribution is -2.60. The van der Waals surface area contributed by atoms with Crippen molar-refractivity contribution >= 4 is 0 Å². The highest BCUT2D eigenvalue weighted by Crippen LogP contribution is 2.63. The van der Waals surface area contributed by atoms with Gasteiger partial charge in [0.2, 0.25) is 0 Å². The lowest BCUT2D eigenvalue weighted by Gasteiger charge is -2.55. The van der Waals surface area contributed by atoms with Gasteiger partial charge in [-0.3, -0.25) is 4.90 Å². The van der Waals surface area contributed by atoms with Gasteiger partial charge in [0.25, 0.3) is 0 Å². The SMILES string of the molecule is C[C@H](O)[C@@H]1OC2=C(O)C=CC3=C[C@@H]4[C@H](C)[C@@]1(CCN4C)C32. The van der Waals surface area contributed by atoms with Crippen LogP contribution in [0.3, 0.4) is 0 Å². The predicted molar refractivity (Wildman–Crippen MR) is 79.6 cm³/mol. The molecule has 2 bridgehead atoms. The van der Waals surface area contributed by atoms with E-state index >= 15 is 0 Å². The average molecular weight is 289 g/mol. The molecule has 0 aromatic heterocycles. The Balaban J connectivity index is 1.95. The molecule has 1 unspecified atom stereocenters. The van der Waals surface area contributed by atoms with Crippen molar-refractivity contribution in [2.24, 2.45) is 17.3 Å². The van der Waals surface area contributed by atoms with Crippen LogP contribution in [0, 0.1) is 17.3 Å². The molecule has 4 rings (SSSR count). The lowest BCUT2D eigenvalue weighted by molar-refractivity contribution is -0.0967. The van der Waals surface area contributed by atoms with Crippen molar-refractivity contribution in [3.8, 4) is 0 Å². The summed E-state index contributed by atoms with van der Waals surface area (Å²) in [6.45, 7) is 5.07. The van der Waals surface area contributed by atoms with Gasteiger partial charge in [-0.25, -0.2) is 0 Å². The summed E-state index contributed by atoms with van der Waals surface area (Å²) in [7, 11) is 2.17. The number of aliphatic hydroxyl groups excluding tert-OH is 2. The summed E-state index contributed by atoms with van der Waals surface area (Å²) >= 11 is 0. The van der Waals surface area contributed by atoms with Crippen LogP contribution in [0.2, 0.25) is 0 Å². The molecular formula is C17H23NO3. The number of fused-ring (bicyclic) bond motifs is 1. The molecule has 2 aliphatic carbocycles. The molecule has 0 radical (unpaired) electrons. The van der Waals surface area contributed by atoms with Gasteiger partial charge in [-0.2, -0.15) is 0 Å². The molecule has 0 aromatic rings. The summed E-state index contributed by atoms with van der Waals surface area (Å²) in [6.07, 6.45) is 6.27. The second kappa shape index (κ2) is 4.14. The van der Waals surface area contributed by atoms with E-state index in [0.717, 1.165) is 13.0 Å². The molecule has 2 heterocycles. The molecule has 4 aliphatic rings. The number of aliphatic hydroxyl groups is 2. The smallest absolute Gasteiger partial charge is 0.153 e. The van der Waals surface area contributed by atoms with Crippen molar-refractivity contribution in [1.29, 1.82) is 0 Å². The first-order valence-electron chi connectivity index (χ1n) is 7.84. The van der Waals surface area contributed by atoms with Crippen molar-refractivity contribution in [2.45, 2.75) is 38.5 Å². The molecule has 1 spiro atoms. The zero-order valence-corrected chi connectivity index (χ0v) is 12.8. The molecule has 2 saturated heterocycles. The molecule has 0 amide bonds. The third-order valence-electron chi connectivity index (χ3n) is 6.17. The summed E-state index contributed by atoms with van der Waals surface area (Å²) in [5, 5.41) is 20.5. The minimum absolute atomic E-state index is 0.0991. The Kier molecular flexibility index (Phi) is 2.64. The van der Waals surface area contributed by atoms with Gasteiger partial charge in [-0.15, -0.1) is 0 Å². The van der Waals surface area contributed by atoms with Gasteiger partial charge in [0, 0.05) is 11.5 Å². The van der Waals surface area contributed by atoms with Crippen LogP contribution < -0.4 is 0 Å². The Morgan fingerprint density at radius 1 is 1.43 bits per heavy atom. The van der Waals surface area contributed by atoms with E-state index < -0.39 is 6.10 Å². The summed E-state index contributed by atoms with van der Waals surface area (Å²) in [5.74, 6) is 1.39. The molecule has 21 heavy (non-hydrogen) atoms. The van der Waals surface area contributed by atoms with Gasteiger partial charge in [0.05, 0.1) is 12.0 Å². The maximum atomic E-state index is 10.3. The molecule has 4 heteroatoms. The number of hydrogen-bond donors (Lipinski definition) is 2. The Labute approximate surface area is 125 Å². The third-order valence-corrected chi connectivity index (χ3v) is 6.17. The van der Waals surface area contributed by atoms with E-state index in [9.17, 15) is 10.2 Å². The highest BCUT2D eigenvalue weighted by Gasteiger charge is 2.65. The van der Waals surface area contributed by atoms with Crippen LogP contribution in [0.5, 0.6) is 0 Å². The van der Waals surface area contributed by atoms with Crippen LogP contribution >= 0.6 is 0 Å². The highest BCUT2D eigenvalue weighted by atomic mass is 16.5. The summed E-state index contributed by atoms with van der Waals surface area (Å²) in [6, 6.07) is 0.374. The zero-order valence-electron chi connectivity index (χ0n) is 12.8. The fraction of sp³-hybridized carbons (Fsp3) is 0.647. The van der Waals surface area contributed by atoms with Gasteiger partial charge in [0.15, 0.2) is 5.76 Å². The number of allylic oxidation sites excluding steroid dienone is 3. The van der Waals surface area contributed by atoms with E-state index in [1.807, 2.05) is 6.08 Å². The van der Waals surface area contributed by atoms with E-state index in [4.69, 9.17) is 4.74 Å². The average Bonchev–Trinajstić information content (AvgIpc) is 2.79. The fourth-order valence-electron chi connectivity index (χ4n) is 5.17. The number of likely N-dealkylation sites (tertiary alicyclic amines) is 1. The monoisotopic (exact) mass is 289 g/mol. The van der Waals surface area contributed by atoms with E-state index in [1.54, 1.807) is 13.0 Å². The molecule has 2 aliphatic heterocycles. The Morgan fingerprint density at radius 2 is 2.19 bits per heavy atom. The van der Waals surface area contributed by atoms with E-state index in [1.165, 1.54) is 5.57 Å². The van der Waals surface area contributed by atoms with Crippen LogP contribution in [-0.2, 0) is 4.74 Å². The first-order chi connectivity index (χ1) is 9.96. The predicted octanol–water partition coefficient (Wildman–Crippen LogP) is 1.99. The zero-order chi connectivity index (χ0) is 14.9. The number of hydrogen-bond acceptors (Lipinski definition) is 4. The number of piperidine rings is 1. The molecular weight excluding hydrogens is 266 g/mol. The minimum Gasteiger partial charge on any atom is -0.504 e. The Bertz CT molecular complexity index is 577. The Morgan fingerprint density at radius 3 is 2.90 bits per heavy atom. The molecule has 0 saturated carbocycles. The maximum Gasteiger partial charge on any atom is 0.153 e.